The molecule has 0 unspecified atom stereocenters. The molecule has 0 saturated heterocycles. The Morgan fingerprint density at radius 1 is 1.47 bits per heavy atom. The molecule has 17 heavy (non-hydrogen) atoms. The van der Waals surface area contributed by atoms with Crippen molar-refractivity contribution in [2.24, 2.45) is 5.73 Å². The van der Waals surface area contributed by atoms with Crippen LogP contribution in [0.4, 0.5) is 0 Å². The summed E-state index contributed by atoms with van der Waals surface area (Å²) in [7, 11) is 0. The van der Waals surface area contributed by atoms with Gasteiger partial charge in [0.05, 0.1) is 0 Å². The summed E-state index contributed by atoms with van der Waals surface area (Å²) in [5.41, 5.74) is 5.68. The second kappa shape index (κ2) is 5.31. The minimum atomic E-state index is -0.148. The van der Waals surface area contributed by atoms with Crippen molar-refractivity contribution in [2.45, 2.75) is 51.3 Å². The van der Waals surface area contributed by atoms with Gasteiger partial charge < -0.3 is 15.0 Å². The van der Waals surface area contributed by atoms with Crippen LogP contribution in [0.2, 0.25) is 0 Å². The highest BCUT2D eigenvalue weighted by Crippen LogP contribution is 2.20. The van der Waals surface area contributed by atoms with Gasteiger partial charge in [0, 0.05) is 25.0 Å². The predicted octanol–water partition coefficient (Wildman–Crippen LogP) is 0.912. The van der Waals surface area contributed by atoms with Crippen molar-refractivity contribution in [3.63, 3.8) is 0 Å². The Morgan fingerprint density at radius 2 is 2.18 bits per heavy atom. The summed E-state index contributed by atoms with van der Waals surface area (Å²) in [6.07, 6.45) is 7.09. The molecule has 0 amide bonds. The lowest BCUT2D eigenvalue weighted by molar-refractivity contribution is 0.138. The Kier molecular flexibility index (Phi) is 3.78. The highest BCUT2D eigenvalue weighted by atomic mass is 16.5. The number of nitrogens with zero attached hydrogens (tertiary/aromatic N) is 2. The van der Waals surface area contributed by atoms with Crippen molar-refractivity contribution in [1.29, 1.82) is 0 Å². The maximum absolute atomic E-state index is 11.9. The lowest BCUT2D eigenvalue weighted by Gasteiger charge is -2.26. The van der Waals surface area contributed by atoms with E-state index in [1.807, 2.05) is 6.92 Å². The van der Waals surface area contributed by atoms with E-state index in [4.69, 9.17) is 10.5 Å². The summed E-state index contributed by atoms with van der Waals surface area (Å²) in [5, 5.41) is 0. The molecular weight excluding hydrogens is 218 g/mol. The van der Waals surface area contributed by atoms with Crippen molar-refractivity contribution in [2.75, 3.05) is 0 Å². The third-order valence-corrected chi connectivity index (χ3v) is 3.22. The molecule has 1 aliphatic rings. The van der Waals surface area contributed by atoms with Crippen molar-refractivity contribution in [3.05, 3.63) is 22.7 Å². The fraction of sp³-hybridized carbons (Fsp3) is 0.667. The molecule has 1 aliphatic carbocycles. The Morgan fingerprint density at radius 3 is 2.82 bits per heavy atom. The molecule has 1 heterocycles. The predicted molar refractivity (Wildman–Crippen MR) is 65.0 cm³/mol. The van der Waals surface area contributed by atoms with Gasteiger partial charge in [-0.05, 0) is 32.6 Å². The molecule has 94 valence electrons. The van der Waals surface area contributed by atoms with E-state index in [0.717, 1.165) is 25.7 Å². The second-order valence-corrected chi connectivity index (χ2v) is 4.48. The van der Waals surface area contributed by atoms with Gasteiger partial charge in [0.15, 0.2) is 0 Å². The second-order valence-electron chi connectivity index (χ2n) is 4.48. The first-order chi connectivity index (χ1) is 8.20. The van der Waals surface area contributed by atoms with Gasteiger partial charge in [-0.3, -0.25) is 4.79 Å². The fourth-order valence-electron chi connectivity index (χ4n) is 2.12. The maximum atomic E-state index is 11.9. The fourth-order valence-corrected chi connectivity index (χ4v) is 2.12. The molecule has 0 spiro atoms. The molecule has 0 bridgehead atoms. The number of hydrogen-bond donors (Lipinski definition) is 1. The Hall–Kier alpha value is -1.36. The number of hydrogen-bond acceptors (Lipinski definition) is 4. The van der Waals surface area contributed by atoms with E-state index in [1.165, 1.54) is 0 Å². The van der Waals surface area contributed by atoms with Gasteiger partial charge >= 0.3 is 5.56 Å². The van der Waals surface area contributed by atoms with Crippen LogP contribution in [0.15, 0.2) is 17.2 Å². The Balaban J connectivity index is 2.06. The SMILES string of the molecule is CCn1ccnc(OC2CCC(N)CC2)c1=O. The molecule has 0 atom stereocenters. The van der Waals surface area contributed by atoms with E-state index < -0.39 is 0 Å². The smallest absolute Gasteiger partial charge is 0.313 e. The third-order valence-electron chi connectivity index (χ3n) is 3.22. The minimum Gasteiger partial charge on any atom is -0.470 e. The van der Waals surface area contributed by atoms with Gasteiger partial charge in [-0.2, -0.15) is 0 Å². The average Bonchev–Trinajstić information content (AvgIpc) is 2.35. The van der Waals surface area contributed by atoms with Crippen LogP contribution >= 0.6 is 0 Å². The van der Waals surface area contributed by atoms with Crippen LogP contribution in [-0.4, -0.2) is 21.7 Å². The van der Waals surface area contributed by atoms with Gasteiger partial charge in [0.1, 0.15) is 6.10 Å². The van der Waals surface area contributed by atoms with Crippen molar-refractivity contribution in [1.82, 2.24) is 9.55 Å². The largest absolute Gasteiger partial charge is 0.470 e. The summed E-state index contributed by atoms with van der Waals surface area (Å²) in [4.78, 5) is 15.9. The molecule has 0 aromatic carbocycles. The van der Waals surface area contributed by atoms with E-state index in [0.29, 0.717) is 6.54 Å². The summed E-state index contributed by atoms with van der Waals surface area (Å²) in [6, 6.07) is 0.283. The number of rotatable bonds is 3. The highest BCUT2D eigenvalue weighted by molar-refractivity contribution is 5.05. The Labute approximate surface area is 101 Å². The molecule has 1 aromatic rings. The molecule has 5 heteroatoms. The summed E-state index contributed by atoms with van der Waals surface area (Å²) < 4.78 is 7.27. The maximum Gasteiger partial charge on any atom is 0.313 e. The van der Waals surface area contributed by atoms with Crippen LogP contribution in [0.1, 0.15) is 32.6 Å². The zero-order valence-corrected chi connectivity index (χ0v) is 10.1. The standard InChI is InChI=1S/C12H19N3O2/c1-2-15-8-7-14-11(12(15)16)17-10-5-3-9(13)4-6-10/h7-10H,2-6,13H2,1H3. The van der Waals surface area contributed by atoms with Crippen LogP contribution in [0.25, 0.3) is 0 Å². The summed E-state index contributed by atoms with van der Waals surface area (Å²) >= 11 is 0. The summed E-state index contributed by atoms with van der Waals surface area (Å²) in [6.45, 7) is 2.55. The number of aryl methyl sites for hydroxylation is 1. The van der Waals surface area contributed by atoms with Gasteiger partial charge in [0.25, 0.3) is 5.88 Å². The third kappa shape index (κ3) is 2.85. The molecule has 1 aromatic heterocycles. The first-order valence-electron chi connectivity index (χ1n) is 6.18. The van der Waals surface area contributed by atoms with Crippen LogP contribution in [0, 0.1) is 0 Å². The number of aromatic nitrogens is 2. The van der Waals surface area contributed by atoms with Gasteiger partial charge in [0.2, 0.25) is 0 Å². The van der Waals surface area contributed by atoms with Crippen molar-refractivity contribution in [3.8, 4) is 5.88 Å². The number of nitrogens with two attached hydrogens (primary N) is 1. The Bertz CT molecular complexity index is 422. The average molecular weight is 237 g/mol. The van der Waals surface area contributed by atoms with Gasteiger partial charge in [-0.1, -0.05) is 0 Å². The van der Waals surface area contributed by atoms with Gasteiger partial charge in [-0.25, -0.2) is 4.98 Å². The molecule has 2 N–H and O–H groups in total. The molecule has 2 rings (SSSR count). The quantitative estimate of drug-likeness (QED) is 0.848. The number of ether oxygens (including phenoxy) is 1. The molecule has 1 fully saturated rings. The lowest BCUT2D eigenvalue weighted by Crippen LogP contribution is -2.33. The van der Waals surface area contributed by atoms with E-state index in [2.05, 4.69) is 4.98 Å². The zero-order valence-electron chi connectivity index (χ0n) is 10.1. The van der Waals surface area contributed by atoms with Crippen LogP contribution in [0.5, 0.6) is 5.88 Å². The normalized spacial score (nSPS) is 24.6. The molecule has 5 nitrogen and oxygen atoms in total. The van der Waals surface area contributed by atoms with E-state index in [-0.39, 0.29) is 23.6 Å². The van der Waals surface area contributed by atoms with Crippen LogP contribution in [-0.2, 0) is 6.54 Å². The zero-order chi connectivity index (χ0) is 12.3. The molecule has 0 aliphatic heterocycles. The van der Waals surface area contributed by atoms with Crippen LogP contribution in [0.3, 0.4) is 0 Å². The highest BCUT2D eigenvalue weighted by Gasteiger charge is 2.21. The van der Waals surface area contributed by atoms with E-state index >= 15 is 0 Å². The van der Waals surface area contributed by atoms with Gasteiger partial charge in [-0.15, -0.1) is 0 Å². The molecule has 0 radical (unpaired) electrons. The summed E-state index contributed by atoms with van der Waals surface area (Å²) in [5.74, 6) is 0.217. The van der Waals surface area contributed by atoms with Crippen LogP contribution < -0.4 is 16.0 Å². The minimum absolute atomic E-state index is 0.0858. The van der Waals surface area contributed by atoms with Crippen molar-refractivity contribution < 1.29 is 4.74 Å². The monoisotopic (exact) mass is 237 g/mol. The van der Waals surface area contributed by atoms with E-state index in [1.54, 1.807) is 17.0 Å². The van der Waals surface area contributed by atoms with E-state index in [9.17, 15) is 4.79 Å². The first kappa shape index (κ1) is 12.1. The first-order valence-corrected chi connectivity index (χ1v) is 6.18. The molecular formula is C12H19N3O2. The van der Waals surface area contributed by atoms with Crippen molar-refractivity contribution >= 4 is 0 Å². The lowest BCUT2D eigenvalue weighted by atomic mass is 9.94. The topological polar surface area (TPSA) is 70.1 Å². The molecule has 1 saturated carbocycles.